The highest BCUT2D eigenvalue weighted by atomic mass is 16.5. The monoisotopic (exact) mass is 241 g/mol. The van der Waals surface area contributed by atoms with E-state index in [4.69, 9.17) is 10.5 Å². The van der Waals surface area contributed by atoms with Gasteiger partial charge in [0.05, 0.1) is 17.8 Å². The topological polar surface area (TPSA) is 61.0 Å². The molecule has 0 amide bonds. The molecular weight excluding hydrogens is 226 g/mol. The zero-order chi connectivity index (χ0) is 12.4. The molecule has 92 valence electrons. The van der Waals surface area contributed by atoms with Crippen molar-refractivity contribution in [2.24, 2.45) is 5.73 Å². The van der Waals surface area contributed by atoms with Crippen molar-refractivity contribution in [2.45, 2.75) is 25.0 Å². The van der Waals surface area contributed by atoms with Gasteiger partial charge in [0.25, 0.3) is 0 Å². The highest BCUT2D eigenvalue weighted by Gasteiger charge is 2.23. The Bertz CT molecular complexity index is 526. The van der Waals surface area contributed by atoms with Crippen LogP contribution in [0.15, 0.2) is 42.9 Å². The smallest absolute Gasteiger partial charge is 0.120 e. The molecule has 18 heavy (non-hydrogen) atoms. The van der Waals surface area contributed by atoms with Crippen LogP contribution >= 0.6 is 0 Å². The third-order valence-corrected chi connectivity index (χ3v) is 2.97. The Kier molecular flexibility index (Phi) is 2.94. The van der Waals surface area contributed by atoms with Crippen LogP contribution in [0.25, 0.3) is 0 Å². The molecule has 0 aliphatic heterocycles. The molecule has 1 fully saturated rings. The van der Waals surface area contributed by atoms with Crippen LogP contribution in [-0.2, 0) is 0 Å². The average molecular weight is 241 g/mol. The first-order valence-electron chi connectivity index (χ1n) is 6.11. The molecule has 0 radical (unpaired) electrons. The van der Waals surface area contributed by atoms with Crippen molar-refractivity contribution in [3.63, 3.8) is 0 Å². The van der Waals surface area contributed by atoms with Crippen molar-refractivity contribution in [1.29, 1.82) is 0 Å². The van der Waals surface area contributed by atoms with E-state index in [1.54, 1.807) is 6.20 Å². The predicted octanol–water partition coefficient (Wildman–Crippen LogP) is 2.07. The molecule has 0 spiro atoms. The first-order valence-corrected chi connectivity index (χ1v) is 6.11. The van der Waals surface area contributed by atoms with Crippen LogP contribution < -0.4 is 10.5 Å². The Morgan fingerprint density at radius 3 is 2.89 bits per heavy atom. The standard InChI is InChI=1S/C14H15N3O/c15-14(13-6-7-16-9-17-13)10-2-1-3-12(8-10)18-11-4-5-11/h1-3,6-9,11,14H,4-5,15H2. The molecule has 3 rings (SSSR count). The first kappa shape index (κ1) is 11.2. The maximum Gasteiger partial charge on any atom is 0.120 e. The summed E-state index contributed by atoms with van der Waals surface area (Å²) in [6, 6.07) is 9.51. The molecule has 1 heterocycles. The predicted molar refractivity (Wildman–Crippen MR) is 68.2 cm³/mol. The fraction of sp³-hybridized carbons (Fsp3) is 0.286. The summed E-state index contributed by atoms with van der Waals surface area (Å²) in [7, 11) is 0. The maximum atomic E-state index is 6.19. The molecular formula is C14H15N3O. The second-order valence-corrected chi connectivity index (χ2v) is 4.50. The minimum atomic E-state index is -0.240. The van der Waals surface area contributed by atoms with E-state index in [-0.39, 0.29) is 6.04 Å². The molecule has 0 bridgehead atoms. The largest absolute Gasteiger partial charge is 0.490 e. The van der Waals surface area contributed by atoms with Gasteiger partial charge in [-0.1, -0.05) is 12.1 Å². The number of benzene rings is 1. The lowest BCUT2D eigenvalue weighted by molar-refractivity contribution is 0.303. The Morgan fingerprint density at radius 2 is 2.17 bits per heavy atom. The normalized spacial score (nSPS) is 16.3. The van der Waals surface area contributed by atoms with Crippen molar-refractivity contribution in [2.75, 3.05) is 0 Å². The van der Waals surface area contributed by atoms with Crippen molar-refractivity contribution >= 4 is 0 Å². The highest BCUT2D eigenvalue weighted by Crippen LogP contribution is 2.28. The van der Waals surface area contributed by atoms with Crippen LogP contribution in [0.3, 0.4) is 0 Å². The number of nitrogens with zero attached hydrogens (tertiary/aromatic N) is 2. The van der Waals surface area contributed by atoms with Crippen LogP contribution in [0, 0.1) is 0 Å². The van der Waals surface area contributed by atoms with Gasteiger partial charge in [-0.15, -0.1) is 0 Å². The van der Waals surface area contributed by atoms with Gasteiger partial charge in [-0.3, -0.25) is 0 Å². The number of nitrogens with two attached hydrogens (primary N) is 1. The van der Waals surface area contributed by atoms with Crippen molar-refractivity contribution in [3.05, 3.63) is 54.1 Å². The van der Waals surface area contributed by atoms with E-state index in [2.05, 4.69) is 9.97 Å². The zero-order valence-corrected chi connectivity index (χ0v) is 9.99. The number of hydrogen-bond donors (Lipinski definition) is 1. The van der Waals surface area contributed by atoms with Crippen molar-refractivity contribution in [1.82, 2.24) is 9.97 Å². The van der Waals surface area contributed by atoms with E-state index >= 15 is 0 Å². The fourth-order valence-corrected chi connectivity index (χ4v) is 1.82. The second kappa shape index (κ2) is 4.74. The van der Waals surface area contributed by atoms with Gasteiger partial charge >= 0.3 is 0 Å². The fourth-order valence-electron chi connectivity index (χ4n) is 1.82. The van der Waals surface area contributed by atoms with Crippen LogP contribution in [0.1, 0.15) is 30.1 Å². The zero-order valence-electron chi connectivity index (χ0n) is 9.99. The van der Waals surface area contributed by atoms with Gasteiger partial charge in [0.2, 0.25) is 0 Å². The van der Waals surface area contributed by atoms with Crippen molar-refractivity contribution in [3.8, 4) is 5.75 Å². The summed E-state index contributed by atoms with van der Waals surface area (Å²) in [5.41, 5.74) is 8.01. The second-order valence-electron chi connectivity index (χ2n) is 4.50. The summed E-state index contributed by atoms with van der Waals surface area (Å²) in [5, 5.41) is 0. The molecule has 1 aliphatic carbocycles. The number of rotatable bonds is 4. The van der Waals surface area contributed by atoms with E-state index in [1.165, 1.54) is 6.33 Å². The highest BCUT2D eigenvalue weighted by molar-refractivity contribution is 5.34. The van der Waals surface area contributed by atoms with E-state index < -0.39 is 0 Å². The van der Waals surface area contributed by atoms with Crippen LogP contribution in [0.4, 0.5) is 0 Å². The minimum absolute atomic E-state index is 0.240. The van der Waals surface area contributed by atoms with Gasteiger partial charge in [0.15, 0.2) is 0 Å². The van der Waals surface area contributed by atoms with Gasteiger partial charge < -0.3 is 10.5 Å². The molecule has 1 aromatic heterocycles. The van der Waals surface area contributed by atoms with E-state index in [0.29, 0.717) is 6.10 Å². The minimum Gasteiger partial charge on any atom is -0.490 e. The molecule has 2 N–H and O–H groups in total. The summed E-state index contributed by atoms with van der Waals surface area (Å²) in [6.45, 7) is 0. The quantitative estimate of drug-likeness (QED) is 0.890. The summed E-state index contributed by atoms with van der Waals surface area (Å²) in [4.78, 5) is 8.08. The van der Waals surface area contributed by atoms with Crippen LogP contribution in [0.2, 0.25) is 0 Å². The molecule has 1 unspecified atom stereocenters. The van der Waals surface area contributed by atoms with Crippen molar-refractivity contribution < 1.29 is 4.74 Å². The van der Waals surface area contributed by atoms with Crippen LogP contribution in [0.5, 0.6) is 5.75 Å². The summed E-state index contributed by atoms with van der Waals surface area (Å²) in [6.07, 6.45) is 5.92. The molecule has 2 aromatic rings. The molecule has 4 nitrogen and oxygen atoms in total. The number of ether oxygens (including phenoxy) is 1. The third kappa shape index (κ3) is 2.49. The maximum absolute atomic E-state index is 6.19. The van der Waals surface area contributed by atoms with Gasteiger partial charge in [0, 0.05) is 6.20 Å². The third-order valence-electron chi connectivity index (χ3n) is 2.97. The van der Waals surface area contributed by atoms with Gasteiger partial charge in [-0.25, -0.2) is 9.97 Å². The lowest BCUT2D eigenvalue weighted by Gasteiger charge is -2.12. The van der Waals surface area contributed by atoms with E-state index in [0.717, 1.165) is 29.8 Å². The lowest BCUT2D eigenvalue weighted by Crippen LogP contribution is -2.13. The van der Waals surface area contributed by atoms with Gasteiger partial charge in [0.1, 0.15) is 12.1 Å². The van der Waals surface area contributed by atoms with Crippen LogP contribution in [-0.4, -0.2) is 16.1 Å². The van der Waals surface area contributed by atoms with E-state index in [1.807, 2.05) is 30.3 Å². The average Bonchev–Trinajstić information content (AvgIpc) is 3.23. The first-order chi connectivity index (χ1) is 8.83. The van der Waals surface area contributed by atoms with Gasteiger partial charge in [-0.2, -0.15) is 0 Å². The molecule has 1 saturated carbocycles. The Balaban J connectivity index is 1.82. The SMILES string of the molecule is NC(c1cccc(OC2CC2)c1)c1ccncn1. The summed E-state index contributed by atoms with van der Waals surface area (Å²) in [5.74, 6) is 0.888. The molecule has 1 atom stereocenters. The summed E-state index contributed by atoms with van der Waals surface area (Å²) < 4.78 is 5.76. The molecule has 1 aromatic carbocycles. The molecule has 1 aliphatic rings. The summed E-state index contributed by atoms with van der Waals surface area (Å²) >= 11 is 0. The Hall–Kier alpha value is -1.94. The molecule has 0 saturated heterocycles. The number of hydrogen-bond acceptors (Lipinski definition) is 4. The molecule has 4 heteroatoms. The number of aromatic nitrogens is 2. The van der Waals surface area contributed by atoms with Gasteiger partial charge in [-0.05, 0) is 36.6 Å². The Labute approximate surface area is 106 Å². The lowest BCUT2D eigenvalue weighted by atomic mass is 10.0. The Morgan fingerprint density at radius 1 is 1.28 bits per heavy atom. The van der Waals surface area contributed by atoms with E-state index in [9.17, 15) is 0 Å².